The van der Waals surface area contributed by atoms with Crippen LogP contribution < -0.4 is 10.1 Å². The number of piperidine rings is 1. The minimum absolute atomic E-state index is 0.208. The number of carbonyl (C=O) groups is 1. The number of pyridine rings is 1. The highest BCUT2D eigenvalue weighted by atomic mass is 32.1. The van der Waals surface area contributed by atoms with E-state index in [2.05, 4.69) is 25.3 Å². The van der Waals surface area contributed by atoms with E-state index >= 15 is 0 Å². The molecule has 2 aliphatic rings. The van der Waals surface area contributed by atoms with Gasteiger partial charge in [-0.2, -0.15) is 0 Å². The molecule has 1 aliphatic heterocycles. The number of carbonyl (C=O) groups excluding carboxylic acids is 1. The molecule has 0 bridgehead atoms. The summed E-state index contributed by atoms with van der Waals surface area (Å²) in [7, 11) is 0. The predicted octanol–water partition coefficient (Wildman–Crippen LogP) is 4.57. The number of likely N-dealkylation sites (tertiary alicyclic amines) is 1. The van der Waals surface area contributed by atoms with E-state index in [1.807, 2.05) is 23.1 Å². The first-order chi connectivity index (χ1) is 15.7. The summed E-state index contributed by atoms with van der Waals surface area (Å²) in [4.78, 5) is 32.7. The molecule has 4 heterocycles. The van der Waals surface area contributed by atoms with Crippen LogP contribution in [0.15, 0.2) is 36.8 Å². The third-order valence-electron chi connectivity index (χ3n) is 5.79. The molecule has 0 spiro atoms. The number of thiazole rings is 1. The van der Waals surface area contributed by atoms with Gasteiger partial charge in [-0.05, 0) is 44.6 Å². The van der Waals surface area contributed by atoms with Crippen LogP contribution >= 0.6 is 11.3 Å². The SMILES string of the molecule is O=C1CCCCN1Cc1cnc(Nc2ncc(-c3cccc(OC4CCCC4)n3)s2)nc1. The van der Waals surface area contributed by atoms with Crippen molar-refractivity contribution in [1.82, 2.24) is 24.8 Å². The molecule has 3 aromatic heterocycles. The first-order valence-electron chi connectivity index (χ1n) is 11.2. The minimum atomic E-state index is 0.208. The van der Waals surface area contributed by atoms with Crippen molar-refractivity contribution in [3.8, 4) is 16.5 Å². The first-order valence-corrected chi connectivity index (χ1v) is 12.0. The maximum absolute atomic E-state index is 12.0. The molecule has 5 rings (SSSR count). The third kappa shape index (κ3) is 5.04. The standard InChI is InChI=1S/C23H26N6O2S/c30-21-10-3-4-11-29(21)15-16-12-24-22(25-13-16)28-23-26-14-19(32-23)18-8-5-9-20(27-18)31-17-6-1-2-7-17/h5,8-9,12-14,17H,1-4,6-7,10-11,15H2,(H,24,25,26,28). The second-order valence-corrected chi connectivity index (χ2v) is 9.26. The van der Waals surface area contributed by atoms with E-state index in [9.17, 15) is 4.79 Å². The zero-order valence-electron chi connectivity index (χ0n) is 17.9. The van der Waals surface area contributed by atoms with Gasteiger partial charge in [0.15, 0.2) is 5.13 Å². The minimum Gasteiger partial charge on any atom is -0.474 e. The second kappa shape index (κ2) is 9.60. The van der Waals surface area contributed by atoms with Gasteiger partial charge in [0.1, 0.15) is 6.10 Å². The average molecular weight is 451 g/mol. The lowest BCUT2D eigenvalue weighted by Crippen LogP contribution is -2.34. The molecular formula is C23H26N6O2S. The van der Waals surface area contributed by atoms with Gasteiger partial charge in [0, 0.05) is 49.7 Å². The lowest BCUT2D eigenvalue weighted by Gasteiger charge is -2.26. The molecule has 32 heavy (non-hydrogen) atoms. The molecule has 0 atom stereocenters. The number of anilines is 2. The van der Waals surface area contributed by atoms with Crippen molar-refractivity contribution in [2.75, 3.05) is 11.9 Å². The van der Waals surface area contributed by atoms with Crippen molar-refractivity contribution < 1.29 is 9.53 Å². The molecule has 1 N–H and O–H groups in total. The molecule has 166 valence electrons. The summed E-state index contributed by atoms with van der Waals surface area (Å²) in [5, 5.41) is 3.85. The predicted molar refractivity (Wildman–Crippen MR) is 123 cm³/mol. The average Bonchev–Trinajstić information content (AvgIpc) is 3.49. The van der Waals surface area contributed by atoms with E-state index in [1.54, 1.807) is 18.6 Å². The van der Waals surface area contributed by atoms with Crippen LogP contribution in [0.3, 0.4) is 0 Å². The van der Waals surface area contributed by atoms with Gasteiger partial charge in [0.2, 0.25) is 17.7 Å². The Bertz CT molecular complexity index is 1060. The number of nitrogens with zero attached hydrogens (tertiary/aromatic N) is 5. The van der Waals surface area contributed by atoms with Gasteiger partial charge in [0.05, 0.1) is 10.6 Å². The van der Waals surface area contributed by atoms with Gasteiger partial charge in [-0.25, -0.2) is 19.9 Å². The van der Waals surface area contributed by atoms with Crippen LogP contribution in [0.1, 0.15) is 50.5 Å². The summed E-state index contributed by atoms with van der Waals surface area (Å²) in [6, 6.07) is 5.84. The number of ether oxygens (including phenoxy) is 1. The molecule has 2 fully saturated rings. The zero-order valence-corrected chi connectivity index (χ0v) is 18.7. The Balaban J connectivity index is 1.21. The molecule has 0 radical (unpaired) electrons. The second-order valence-electron chi connectivity index (χ2n) is 8.23. The summed E-state index contributed by atoms with van der Waals surface area (Å²) in [6.45, 7) is 1.37. The van der Waals surface area contributed by atoms with Gasteiger partial charge in [0.25, 0.3) is 0 Å². The van der Waals surface area contributed by atoms with E-state index in [0.29, 0.717) is 29.9 Å². The fourth-order valence-corrected chi connectivity index (χ4v) is 4.87. The van der Waals surface area contributed by atoms with Crippen molar-refractivity contribution in [2.45, 2.75) is 57.6 Å². The highest BCUT2D eigenvalue weighted by molar-refractivity contribution is 7.18. The van der Waals surface area contributed by atoms with Crippen molar-refractivity contribution in [2.24, 2.45) is 0 Å². The molecule has 9 heteroatoms. The van der Waals surface area contributed by atoms with Gasteiger partial charge < -0.3 is 15.0 Å². The van der Waals surface area contributed by atoms with Crippen molar-refractivity contribution in [3.63, 3.8) is 0 Å². The first kappa shape index (κ1) is 20.8. The maximum Gasteiger partial charge on any atom is 0.228 e. The summed E-state index contributed by atoms with van der Waals surface area (Å²) in [5.41, 5.74) is 1.77. The number of nitrogens with one attached hydrogen (secondary N) is 1. The van der Waals surface area contributed by atoms with Crippen LogP contribution in [0.2, 0.25) is 0 Å². The van der Waals surface area contributed by atoms with Crippen LogP contribution in [0.4, 0.5) is 11.1 Å². The molecule has 0 unspecified atom stereocenters. The molecule has 8 nitrogen and oxygen atoms in total. The Hall–Kier alpha value is -3.07. The molecule has 1 saturated carbocycles. The van der Waals surface area contributed by atoms with Gasteiger partial charge in [-0.3, -0.25) is 4.79 Å². The lowest BCUT2D eigenvalue weighted by atomic mass is 10.1. The summed E-state index contributed by atoms with van der Waals surface area (Å²) in [5.74, 6) is 1.36. The van der Waals surface area contributed by atoms with E-state index in [-0.39, 0.29) is 12.0 Å². The molecule has 1 saturated heterocycles. The van der Waals surface area contributed by atoms with Crippen LogP contribution in [-0.2, 0) is 11.3 Å². The molecule has 0 aromatic carbocycles. The third-order valence-corrected chi connectivity index (χ3v) is 6.73. The highest BCUT2D eigenvalue weighted by Gasteiger charge is 2.19. The number of aromatic nitrogens is 4. The van der Waals surface area contributed by atoms with Crippen molar-refractivity contribution >= 4 is 28.3 Å². The van der Waals surface area contributed by atoms with Crippen LogP contribution in [0.25, 0.3) is 10.6 Å². The molecule has 1 aliphatic carbocycles. The quantitative estimate of drug-likeness (QED) is 0.563. The largest absolute Gasteiger partial charge is 0.474 e. The Morgan fingerprint density at radius 1 is 1.06 bits per heavy atom. The maximum atomic E-state index is 12.0. The molecule has 1 amide bonds. The Labute approximate surface area is 191 Å². The summed E-state index contributed by atoms with van der Waals surface area (Å²) < 4.78 is 6.03. The lowest BCUT2D eigenvalue weighted by molar-refractivity contribution is -0.133. The monoisotopic (exact) mass is 450 g/mol. The van der Waals surface area contributed by atoms with E-state index in [0.717, 1.165) is 48.4 Å². The van der Waals surface area contributed by atoms with Crippen molar-refractivity contribution in [3.05, 3.63) is 42.4 Å². The molecule has 3 aromatic rings. The number of amides is 1. The Morgan fingerprint density at radius 2 is 1.91 bits per heavy atom. The zero-order chi connectivity index (χ0) is 21.8. The fraction of sp³-hybridized carbons (Fsp3) is 0.435. The smallest absolute Gasteiger partial charge is 0.228 e. The normalized spacial score (nSPS) is 17.0. The Morgan fingerprint density at radius 3 is 2.72 bits per heavy atom. The number of rotatable bonds is 7. The topological polar surface area (TPSA) is 93.1 Å². The molecular weight excluding hydrogens is 424 g/mol. The van der Waals surface area contributed by atoms with Crippen molar-refractivity contribution in [1.29, 1.82) is 0 Å². The summed E-state index contributed by atoms with van der Waals surface area (Å²) in [6.07, 6.45) is 12.9. The van der Waals surface area contributed by atoms with Gasteiger partial charge in [-0.1, -0.05) is 17.4 Å². The summed E-state index contributed by atoms with van der Waals surface area (Å²) >= 11 is 1.49. The van der Waals surface area contributed by atoms with Crippen LogP contribution in [0.5, 0.6) is 5.88 Å². The number of hydrogen-bond acceptors (Lipinski definition) is 8. The van der Waals surface area contributed by atoms with E-state index in [4.69, 9.17) is 4.74 Å². The van der Waals surface area contributed by atoms with E-state index < -0.39 is 0 Å². The van der Waals surface area contributed by atoms with Crippen LogP contribution in [-0.4, -0.2) is 43.4 Å². The van der Waals surface area contributed by atoms with E-state index in [1.165, 1.54) is 24.2 Å². The highest BCUT2D eigenvalue weighted by Crippen LogP contribution is 2.31. The number of hydrogen-bond donors (Lipinski definition) is 1. The fourth-order valence-electron chi connectivity index (χ4n) is 4.09. The van der Waals surface area contributed by atoms with Crippen LogP contribution in [0, 0.1) is 0 Å². The van der Waals surface area contributed by atoms with Gasteiger partial charge in [-0.15, -0.1) is 0 Å². The Kier molecular flexibility index (Phi) is 6.24. The van der Waals surface area contributed by atoms with Gasteiger partial charge >= 0.3 is 0 Å².